The van der Waals surface area contributed by atoms with Crippen molar-refractivity contribution in [1.82, 2.24) is 4.90 Å². The van der Waals surface area contributed by atoms with Gasteiger partial charge in [0.25, 0.3) is 0 Å². The molecular formula is C13H18N2O. The summed E-state index contributed by atoms with van der Waals surface area (Å²) in [6, 6.07) is 10.4. The minimum absolute atomic E-state index is 0.0456. The van der Waals surface area contributed by atoms with Crippen LogP contribution in [-0.2, 0) is 11.2 Å². The molecule has 0 spiro atoms. The first-order valence-corrected chi connectivity index (χ1v) is 5.83. The summed E-state index contributed by atoms with van der Waals surface area (Å²) in [4.78, 5) is 13.4. The van der Waals surface area contributed by atoms with E-state index in [0.29, 0.717) is 6.42 Å². The van der Waals surface area contributed by atoms with Crippen LogP contribution in [0.4, 0.5) is 0 Å². The Morgan fingerprint density at radius 3 is 2.69 bits per heavy atom. The second-order valence-corrected chi connectivity index (χ2v) is 4.39. The zero-order valence-corrected chi connectivity index (χ0v) is 9.43. The van der Waals surface area contributed by atoms with Crippen molar-refractivity contribution in [2.24, 2.45) is 5.73 Å². The molecule has 3 heteroatoms. The molecule has 0 aliphatic carbocycles. The van der Waals surface area contributed by atoms with Crippen LogP contribution in [0, 0.1) is 0 Å². The van der Waals surface area contributed by atoms with Crippen molar-refractivity contribution >= 4 is 5.91 Å². The Balaban J connectivity index is 1.74. The Morgan fingerprint density at radius 2 is 2.06 bits per heavy atom. The highest BCUT2D eigenvalue weighted by molar-refractivity contribution is 5.79. The molecule has 1 amide bonds. The molecule has 1 atom stereocenters. The van der Waals surface area contributed by atoms with E-state index >= 15 is 0 Å². The molecule has 2 N–H and O–H groups in total. The fraction of sp³-hybridized carbons (Fsp3) is 0.462. The number of carbonyl (C=O) groups excluding carboxylic acids is 1. The van der Waals surface area contributed by atoms with E-state index < -0.39 is 0 Å². The summed E-state index contributed by atoms with van der Waals surface area (Å²) >= 11 is 0. The van der Waals surface area contributed by atoms with Crippen LogP contribution in [0.3, 0.4) is 0 Å². The summed E-state index contributed by atoms with van der Waals surface area (Å²) in [5.41, 5.74) is 7.07. The molecule has 2 rings (SSSR count). The number of nitrogens with two attached hydrogens (primary N) is 1. The largest absolute Gasteiger partial charge is 0.341 e. The number of aryl methyl sites for hydroxylation is 1. The van der Waals surface area contributed by atoms with E-state index in [-0.39, 0.29) is 11.9 Å². The molecule has 1 aromatic rings. The number of likely N-dealkylation sites (tertiary alicyclic amines) is 1. The maximum Gasteiger partial charge on any atom is 0.224 e. The van der Waals surface area contributed by atoms with Gasteiger partial charge in [-0.15, -0.1) is 0 Å². The number of hydrogen-bond acceptors (Lipinski definition) is 2. The maximum atomic E-state index is 11.5. The molecule has 16 heavy (non-hydrogen) atoms. The van der Waals surface area contributed by atoms with Crippen LogP contribution >= 0.6 is 0 Å². The summed E-state index contributed by atoms with van der Waals surface area (Å²) in [6.07, 6.45) is 2.56. The van der Waals surface area contributed by atoms with Crippen LogP contribution in [0.25, 0.3) is 0 Å². The van der Waals surface area contributed by atoms with Gasteiger partial charge in [0.1, 0.15) is 0 Å². The molecule has 1 aliphatic rings. The fourth-order valence-electron chi connectivity index (χ4n) is 2.14. The van der Waals surface area contributed by atoms with Crippen molar-refractivity contribution in [3.63, 3.8) is 0 Å². The average molecular weight is 218 g/mol. The first-order valence-electron chi connectivity index (χ1n) is 5.83. The number of carbonyl (C=O) groups is 1. The van der Waals surface area contributed by atoms with Crippen LogP contribution in [0.2, 0.25) is 0 Å². The van der Waals surface area contributed by atoms with Gasteiger partial charge in [-0.2, -0.15) is 0 Å². The second-order valence-electron chi connectivity index (χ2n) is 4.39. The van der Waals surface area contributed by atoms with Crippen molar-refractivity contribution in [2.45, 2.75) is 25.3 Å². The molecule has 1 aromatic carbocycles. The summed E-state index contributed by atoms with van der Waals surface area (Å²) in [6.45, 7) is 1.56. The Labute approximate surface area is 96.2 Å². The number of hydrogen-bond donors (Lipinski definition) is 1. The van der Waals surface area contributed by atoms with E-state index in [1.54, 1.807) is 0 Å². The predicted octanol–water partition coefficient (Wildman–Crippen LogP) is 1.18. The van der Waals surface area contributed by atoms with Gasteiger partial charge in [0.2, 0.25) is 5.91 Å². The molecule has 1 aliphatic heterocycles. The van der Waals surface area contributed by atoms with Gasteiger partial charge in [0.05, 0.1) is 0 Å². The molecule has 0 aromatic heterocycles. The summed E-state index contributed by atoms with van der Waals surface area (Å²) in [7, 11) is 0. The van der Waals surface area contributed by atoms with Crippen LogP contribution in [0.5, 0.6) is 0 Å². The third-order valence-electron chi connectivity index (χ3n) is 2.98. The second kappa shape index (κ2) is 5.12. The molecule has 0 radical (unpaired) electrons. The van der Waals surface area contributed by atoms with Gasteiger partial charge in [-0.1, -0.05) is 30.3 Å². The Bertz CT molecular complexity index is 350. The monoisotopic (exact) mass is 218 g/mol. The predicted molar refractivity (Wildman–Crippen MR) is 63.9 cm³/mol. The molecule has 1 heterocycles. The number of amides is 1. The van der Waals surface area contributed by atoms with E-state index in [9.17, 15) is 4.79 Å². The summed E-state index contributed by atoms with van der Waals surface area (Å²) < 4.78 is 0. The van der Waals surface area contributed by atoms with Gasteiger partial charge in [0, 0.05) is 25.6 Å². The van der Waals surface area contributed by atoms with Gasteiger partial charge in [-0.25, -0.2) is 0 Å². The smallest absolute Gasteiger partial charge is 0.224 e. The lowest BCUT2D eigenvalue weighted by Gasteiger charge is -2.15. The van der Waals surface area contributed by atoms with Crippen molar-refractivity contribution in [3.8, 4) is 0 Å². The van der Waals surface area contributed by atoms with Crippen LogP contribution < -0.4 is 5.73 Å². The highest BCUT2D eigenvalue weighted by Gasteiger charge is 2.25. The minimum Gasteiger partial charge on any atom is -0.341 e. The van der Waals surface area contributed by atoms with E-state index in [1.165, 1.54) is 5.56 Å². The lowest BCUT2D eigenvalue weighted by Crippen LogP contribution is -2.29. The van der Waals surface area contributed by atoms with Crippen LogP contribution in [-0.4, -0.2) is 29.9 Å². The standard InChI is InChI=1S/C13H18N2O/c14-12-9-13(16)15(10-12)8-4-7-11-5-2-1-3-6-11/h1-3,5-6,12H,4,7-10,14H2/t12-/m0/s1. The molecule has 3 nitrogen and oxygen atoms in total. The topological polar surface area (TPSA) is 46.3 Å². The first kappa shape index (κ1) is 11.1. The van der Waals surface area contributed by atoms with E-state index in [0.717, 1.165) is 25.9 Å². The lowest BCUT2D eigenvalue weighted by atomic mass is 10.1. The fourth-order valence-corrected chi connectivity index (χ4v) is 2.14. The van der Waals surface area contributed by atoms with Gasteiger partial charge in [0.15, 0.2) is 0 Å². The number of nitrogens with zero attached hydrogens (tertiary/aromatic N) is 1. The van der Waals surface area contributed by atoms with Crippen molar-refractivity contribution in [2.75, 3.05) is 13.1 Å². The highest BCUT2D eigenvalue weighted by atomic mass is 16.2. The van der Waals surface area contributed by atoms with E-state index in [2.05, 4.69) is 12.1 Å². The zero-order chi connectivity index (χ0) is 11.4. The van der Waals surface area contributed by atoms with Crippen molar-refractivity contribution in [3.05, 3.63) is 35.9 Å². The highest BCUT2D eigenvalue weighted by Crippen LogP contribution is 2.10. The summed E-state index contributed by atoms with van der Waals surface area (Å²) in [5.74, 6) is 0.209. The van der Waals surface area contributed by atoms with Crippen LogP contribution in [0.15, 0.2) is 30.3 Å². The molecular weight excluding hydrogens is 200 g/mol. The number of rotatable bonds is 4. The molecule has 1 fully saturated rings. The zero-order valence-electron chi connectivity index (χ0n) is 9.43. The van der Waals surface area contributed by atoms with E-state index in [4.69, 9.17) is 5.73 Å². The third kappa shape index (κ3) is 2.83. The van der Waals surface area contributed by atoms with Gasteiger partial charge in [-0.05, 0) is 18.4 Å². The van der Waals surface area contributed by atoms with Gasteiger partial charge in [-0.3, -0.25) is 4.79 Å². The van der Waals surface area contributed by atoms with Gasteiger partial charge < -0.3 is 10.6 Å². The Morgan fingerprint density at radius 1 is 1.31 bits per heavy atom. The maximum absolute atomic E-state index is 11.5. The minimum atomic E-state index is 0.0456. The van der Waals surface area contributed by atoms with E-state index in [1.807, 2.05) is 23.1 Å². The molecule has 86 valence electrons. The lowest BCUT2D eigenvalue weighted by molar-refractivity contribution is -0.127. The quantitative estimate of drug-likeness (QED) is 0.825. The Hall–Kier alpha value is -1.35. The molecule has 0 saturated carbocycles. The number of benzene rings is 1. The van der Waals surface area contributed by atoms with Crippen molar-refractivity contribution < 1.29 is 4.79 Å². The third-order valence-corrected chi connectivity index (χ3v) is 2.98. The molecule has 1 saturated heterocycles. The van der Waals surface area contributed by atoms with Crippen molar-refractivity contribution in [1.29, 1.82) is 0 Å². The first-order chi connectivity index (χ1) is 7.75. The molecule has 0 unspecified atom stereocenters. The SMILES string of the molecule is N[C@H]1CC(=O)N(CCCc2ccccc2)C1. The van der Waals surface area contributed by atoms with Gasteiger partial charge >= 0.3 is 0 Å². The average Bonchev–Trinajstić information content (AvgIpc) is 2.59. The normalized spacial score (nSPS) is 20.4. The summed E-state index contributed by atoms with van der Waals surface area (Å²) in [5, 5.41) is 0. The molecule has 0 bridgehead atoms. The Kier molecular flexibility index (Phi) is 3.57. The van der Waals surface area contributed by atoms with Crippen LogP contribution in [0.1, 0.15) is 18.4 Å².